The van der Waals surface area contributed by atoms with Gasteiger partial charge in [0.25, 0.3) is 0 Å². The molecule has 152 valence electrons. The number of carbonyl (C=O) groups is 1. The molecule has 0 aliphatic rings. The summed E-state index contributed by atoms with van der Waals surface area (Å²) in [6.07, 6.45) is 2.37. The van der Waals surface area contributed by atoms with E-state index in [9.17, 15) is 4.79 Å². The van der Waals surface area contributed by atoms with Crippen molar-refractivity contribution in [3.8, 4) is 5.75 Å². The highest BCUT2D eigenvalue weighted by Gasteiger charge is 2.34. The lowest BCUT2D eigenvalue weighted by Gasteiger charge is -2.32. The van der Waals surface area contributed by atoms with Gasteiger partial charge < -0.3 is 14.2 Å². The van der Waals surface area contributed by atoms with Crippen LogP contribution in [0.5, 0.6) is 5.75 Å². The Morgan fingerprint density at radius 3 is 2.29 bits per heavy atom. The van der Waals surface area contributed by atoms with E-state index in [4.69, 9.17) is 14.2 Å². The Morgan fingerprint density at radius 2 is 1.68 bits per heavy atom. The van der Waals surface area contributed by atoms with Gasteiger partial charge >= 0.3 is 5.97 Å². The van der Waals surface area contributed by atoms with Gasteiger partial charge in [0.2, 0.25) is 0 Å². The molecule has 0 saturated carbocycles. The van der Waals surface area contributed by atoms with Crippen LogP contribution in [-0.4, -0.2) is 34.9 Å². The van der Waals surface area contributed by atoms with E-state index in [-0.39, 0.29) is 5.97 Å². The molecule has 2 aromatic rings. The maximum absolute atomic E-state index is 12.0. The lowest BCUT2D eigenvalue weighted by molar-refractivity contribution is -0.140. The number of hydrogen-bond donors (Lipinski definition) is 0. The van der Waals surface area contributed by atoms with Crippen molar-refractivity contribution in [3.63, 3.8) is 0 Å². The summed E-state index contributed by atoms with van der Waals surface area (Å²) >= 11 is 0. The predicted octanol–water partition coefficient (Wildman–Crippen LogP) is 4.54. The van der Waals surface area contributed by atoms with Crippen LogP contribution in [0.1, 0.15) is 24.8 Å². The van der Waals surface area contributed by atoms with Gasteiger partial charge in [0.15, 0.2) is 0 Å². The number of esters is 1. The Bertz CT molecular complexity index is 713. The third kappa shape index (κ3) is 6.50. The van der Waals surface area contributed by atoms with Crippen LogP contribution in [0.25, 0.3) is 0 Å². The van der Waals surface area contributed by atoms with Crippen LogP contribution in [-0.2, 0) is 20.9 Å². The maximum atomic E-state index is 12.0. The molecule has 0 heterocycles. The summed E-state index contributed by atoms with van der Waals surface area (Å²) in [4.78, 5) is 12.0. The van der Waals surface area contributed by atoms with Crippen molar-refractivity contribution in [3.05, 3.63) is 60.2 Å². The molecule has 0 spiro atoms. The highest BCUT2D eigenvalue weighted by Crippen LogP contribution is 2.31. The molecule has 0 aromatic heterocycles. The van der Waals surface area contributed by atoms with Gasteiger partial charge in [-0.1, -0.05) is 60.7 Å². The van der Waals surface area contributed by atoms with Crippen molar-refractivity contribution < 1.29 is 19.0 Å². The molecule has 28 heavy (non-hydrogen) atoms. The lowest BCUT2D eigenvalue weighted by atomic mass is 10.2. The minimum absolute atomic E-state index is 0.124. The molecule has 0 amide bonds. The van der Waals surface area contributed by atoms with Gasteiger partial charge in [-0.15, -0.1) is 0 Å². The van der Waals surface area contributed by atoms with Gasteiger partial charge in [-0.3, -0.25) is 4.79 Å². The molecular weight excluding hydrogens is 368 g/mol. The first-order valence-corrected chi connectivity index (χ1v) is 12.9. The molecule has 1 atom stereocenters. The number of hydrogen-bond acceptors (Lipinski definition) is 4. The van der Waals surface area contributed by atoms with Crippen LogP contribution in [0, 0.1) is 0 Å². The Hall–Kier alpha value is -2.11. The fraction of sp³-hybridized carbons (Fsp3) is 0.435. The molecule has 2 rings (SSSR count). The molecular formula is C23H32O4Si. The van der Waals surface area contributed by atoms with E-state index in [1.54, 1.807) is 7.11 Å². The molecule has 0 saturated heterocycles. The van der Waals surface area contributed by atoms with Crippen molar-refractivity contribution in [1.29, 1.82) is 0 Å². The zero-order chi connectivity index (χ0) is 20.4. The molecule has 0 radical (unpaired) electrons. The quantitative estimate of drug-likeness (QED) is 0.316. The van der Waals surface area contributed by atoms with Gasteiger partial charge in [-0.05, 0) is 36.1 Å². The average Bonchev–Trinajstić information content (AvgIpc) is 2.73. The van der Waals surface area contributed by atoms with Crippen LogP contribution < -0.4 is 9.92 Å². The van der Waals surface area contributed by atoms with Crippen LogP contribution in [0.4, 0.5) is 0 Å². The molecule has 0 N–H and O–H groups in total. The molecule has 0 aliphatic carbocycles. The summed E-state index contributed by atoms with van der Waals surface area (Å²) in [6.45, 7) is 5.95. The summed E-state index contributed by atoms with van der Waals surface area (Å²) in [6, 6.07) is 18.5. The van der Waals surface area contributed by atoms with E-state index in [1.165, 1.54) is 12.3 Å². The first-order valence-electron chi connectivity index (χ1n) is 9.80. The van der Waals surface area contributed by atoms with E-state index >= 15 is 0 Å². The number of methoxy groups -OCH3 is 2. The fourth-order valence-electron chi connectivity index (χ4n) is 3.45. The highest BCUT2D eigenvalue weighted by molar-refractivity contribution is 6.91. The molecule has 4 nitrogen and oxygen atoms in total. The zero-order valence-electron chi connectivity index (χ0n) is 17.4. The van der Waals surface area contributed by atoms with Gasteiger partial charge in [-0.2, -0.15) is 0 Å². The third-order valence-electron chi connectivity index (χ3n) is 5.45. The molecule has 0 aliphatic heterocycles. The van der Waals surface area contributed by atoms with Crippen molar-refractivity contribution in [1.82, 2.24) is 0 Å². The average molecular weight is 401 g/mol. The number of ether oxygens (including phenoxy) is 3. The van der Waals surface area contributed by atoms with Gasteiger partial charge in [-0.25, -0.2) is 0 Å². The van der Waals surface area contributed by atoms with Crippen molar-refractivity contribution in [2.45, 2.75) is 44.5 Å². The van der Waals surface area contributed by atoms with Gasteiger partial charge in [0.1, 0.15) is 5.75 Å². The predicted molar refractivity (Wildman–Crippen MR) is 116 cm³/mol. The second kappa shape index (κ2) is 11.0. The monoisotopic (exact) mass is 400 g/mol. The zero-order valence-corrected chi connectivity index (χ0v) is 18.4. The van der Waals surface area contributed by atoms with Crippen molar-refractivity contribution >= 4 is 19.2 Å². The highest BCUT2D eigenvalue weighted by atomic mass is 28.3. The molecule has 0 fully saturated rings. The molecule has 0 unspecified atom stereocenters. The lowest BCUT2D eigenvalue weighted by Crippen LogP contribution is -2.46. The van der Waals surface area contributed by atoms with Gasteiger partial charge in [0.05, 0.1) is 28.9 Å². The van der Waals surface area contributed by atoms with E-state index in [2.05, 4.69) is 37.4 Å². The van der Waals surface area contributed by atoms with Crippen molar-refractivity contribution in [2.75, 3.05) is 20.8 Å². The van der Waals surface area contributed by atoms with Crippen LogP contribution in [0.3, 0.4) is 0 Å². The second-order valence-corrected chi connectivity index (χ2v) is 12.4. The SMILES string of the molecule is COC(=O)C[C@@H](CCCOCc1ccc(OC)cc1)[Si](C)(C)c1ccccc1. The largest absolute Gasteiger partial charge is 0.497 e. The summed E-state index contributed by atoms with van der Waals surface area (Å²) < 4.78 is 16.0. The Labute approximate surface area is 169 Å². The minimum Gasteiger partial charge on any atom is -0.497 e. The summed E-state index contributed by atoms with van der Waals surface area (Å²) in [7, 11) is 1.34. The topological polar surface area (TPSA) is 44.8 Å². The maximum Gasteiger partial charge on any atom is 0.305 e. The Kier molecular flexibility index (Phi) is 8.73. The van der Waals surface area contributed by atoms with Crippen LogP contribution in [0.15, 0.2) is 54.6 Å². The number of carbonyl (C=O) groups excluding carboxylic acids is 1. The van der Waals surface area contributed by atoms with E-state index in [1.807, 2.05) is 30.3 Å². The first-order chi connectivity index (χ1) is 13.5. The third-order valence-corrected chi connectivity index (χ3v) is 9.80. The second-order valence-electron chi connectivity index (χ2n) is 7.61. The van der Waals surface area contributed by atoms with E-state index in [0.29, 0.717) is 25.2 Å². The number of rotatable bonds is 11. The van der Waals surface area contributed by atoms with Crippen LogP contribution in [0.2, 0.25) is 18.6 Å². The summed E-state index contributed by atoms with van der Waals surface area (Å²) in [5.74, 6) is 0.725. The normalized spacial score (nSPS) is 12.4. The molecule has 2 aromatic carbocycles. The standard InChI is InChI=1S/C23H32O4Si/c1-25-20-14-12-19(13-15-20)18-27-16-8-11-22(17-23(24)26-2)28(3,4)21-9-6-5-7-10-21/h5-7,9-10,12-15,22H,8,11,16-18H2,1-4H3/t22-/m1/s1. The smallest absolute Gasteiger partial charge is 0.305 e. The molecule has 5 heteroatoms. The summed E-state index contributed by atoms with van der Waals surface area (Å²) in [5, 5.41) is 1.38. The fourth-order valence-corrected chi connectivity index (χ4v) is 6.58. The van der Waals surface area contributed by atoms with Gasteiger partial charge in [0, 0.05) is 13.0 Å². The van der Waals surface area contributed by atoms with Crippen LogP contribution >= 0.6 is 0 Å². The van der Waals surface area contributed by atoms with Crippen molar-refractivity contribution in [2.24, 2.45) is 0 Å². The van der Waals surface area contributed by atoms with E-state index < -0.39 is 8.07 Å². The Morgan fingerprint density at radius 1 is 1.00 bits per heavy atom. The Balaban J connectivity index is 1.88. The number of benzene rings is 2. The first kappa shape index (κ1) is 22.2. The summed E-state index contributed by atoms with van der Waals surface area (Å²) in [5.41, 5.74) is 1.46. The van der Waals surface area contributed by atoms with E-state index in [0.717, 1.165) is 24.2 Å². The molecule has 0 bridgehead atoms. The minimum atomic E-state index is -1.79.